The van der Waals surface area contributed by atoms with Gasteiger partial charge in [0.05, 0.1) is 6.61 Å². The van der Waals surface area contributed by atoms with Crippen LogP contribution in [0, 0.1) is 0 Å². The van der Waals surface area contributed by atoms with E-state index in [0.717, 1.165) is 10.6 Å². The van der Waals surface area contributed by atoms with Gasteiger partial charge in [0.1, 0.15) is 17.1 Å². The van der Waals surface area contributed by atoms with Crippen molar-refractivity contribution in [3.8, 4) is 0 Å². The molecule has 2 rings (SSSR count). The van der Waals surface area contributed by atoms with Crippen molar-refractivity contribution in [3.05, 3.63) is 33.1 Å². The summed E-state index contributed by atoms with van der Waals surface area (Å²) in [6, 6.07) is 1.15. The Hall–Kier alpha value is -1.15. The number of H-pyrrole nitrogens is 1. The molecule has 1 aliphatic rings. The first-order valence-corrected chi connectivity index (χ1v) is 6.10. The molecule has 0 saturated carbocycles. The highest BCUT2D eigenvalue weighted by molar-refractivity contribution is 6.25. The molecule has 3 N–H and O–H groups in total. The van der Waals surface area contributed by atoms with Crippen LogP contribution in [0.4, 0.5) is 0 Å². The van der Waals surface area contributed by atoms with Crippen molar-refractivity contribution in [1.82, 2.24) is 9.55 Å². The third-order valence-corrected chi connectivity index (χ3v) is 4.23. The van der Waals surface area contributed by atoms with Crippen molar-refractivity contribution in [3.63, 3.8) is 0 Å². The molecular formula is C11H15ClN2O5. The van der Waals surface area contributed by atoms with E-state index in [1.807, 2.05) is 0 Å². The zero-order chi connectivity index (χ0) is 14.4. The molecule has 1 aliphatic heterocycles. The predicted molar refractivity (Wildman–Crippen MR) is 67.2 cm³/mol. The number of aliphatic hydroxyl groups is 2. The fraction of sp³-hybridized carbons (Fsp3) is 0.636. The van der Waals surface area contributed by atoms with Crippen LogP contribution in [0.5, 0.6) is 0 Å². The van der Waals surface area contributed by atoms with E-state index in [1.54, 1.807) is 0 Å². The number of aromatic nitrogens is 2. The SMILES string of the molecule is CC1(Cl)[C@H](O)C(CO)O[C@]1(C)n1ccc(=O)[nH]c1=O. The molecule has 1 saturated heterocycles. The minimum atomic E-state index is -1.40. The van der Waals surface area contributed by atoms with Crippen LogP contribution in [0.1, 0.15) is 13.8 Å². The summed E-state index contributed by atoms with van der Waals surface area (Å²) in [6.45, 7) is 2.59. The van der Waals surface area contributed by atoms with Crippen molar-refractivity contribution in [2.45, 2.75) is 36.7 Å². The summed E-state index contributed by atoms with van der Waals surface area (Å²) >= 11 is 6.31. The summed E-state index contributed by atoms with van der Waals surface area (Å²) in [7, 11) is 0. The number of ether oxygens (including phenoxy) is 1. The van der Waals surface area contributed by atoms with Crippen LogP contribution < -0.4 is 11.2 Å². The highest BCUT2D eigenvalue weighted by Crippen LogP contribution is 2.46. The van der Waals surface area contributed by atoms with Gasteiger partial charge in [-0.15, -0.1) is 11.6 Å². The average molecular weight is 291 g/mol. The summed E-state index contributed by atoms with van der Waals surface area (Å²) in [5.41, 5.74) is -2.64. The molecule has 0 aliphatic carbocycles. The molecule has 0 amide bonds. The van der Waals surface area contributed by atoms with Crippen LogP contribution in [0.25, 0.3) is 0 Å². The zero-order valence-corrected chi connectivity index (χ0v) is 11.2. The second kappa shape index (κ2) is 4.45. The second-order valence-corrected chi connectivity index (χ2v) is 5.61. The number of alkyl halides is 1. The molecule has 0 aromatic carbocycles. The molecule has 8 heteroatoms. The lowest BCUT2D eigenvalue weighted by Gasteiger charge is -2.36. The molecule has 106 valence electrons. The Balaban J connectivity index is 2.59. The zero-order valence-electron chi connectivity index (χ0n) is 10.5. The Labute approximate surface area is 113 Å². The van der Waals surface area contributed by atoms with Gasteiger partial charge in [-0.3, -0.25) is 14.3 Å². The lowest BCUT2D eigenvalue weighted by molar-refractivity contribution is -0.114. The molecule has 2 heterocycles. The fourth-order valence-electron chi connectivity index (χ4n) is 2.28. The molecule has 1 aromatic heterocycles. The Kier molecular flexibility index (Phi) is 3.34. The number of nitrogens with zero attached hydrogens (tertiary/aromatic N) is 1. The number of nitrogens with one attached hydrogen (secondary N) is 1. The van der Waals surface area contributed by atoms with E-state index < -0.39 is 40.7 Å². The smallest absolute Gasteiger partial charge is 0.330 e. The Morgan fingerprint density at radius 3 is 2.63 bits per heavy atom. The monoisotopic (exact) mass is 290 g/mol. The molecule has 1 fully saturated rings. The van der Waals surface area contributed by atoms with Crippen molar-refractivity contribution in [2.75, 3.05) is 6.61 Å². The van der Waals surface area contributed by atoms with Gasteiger partial charge in [-0.1, -0.05) is 0 Å². The van der Waals surface area contributed by atoms with Crippen molar-refractivity contribution >= 4 is 11.6 Å². The number of hydrogen-bond donors (Lipinski definition) is 3. The maximum atomic E-state index is 11.8. The maximum absolute atomic E-state index is 11.8. The van der Waals surface area contributed by atoms with Crippen LogP contribution in [0.3, 0.4) is 0 Å². The van der Waals surface area contributed by atoms with Crippen LogP contribution in [0.15, 0.2) is 21.9 Å². The number of rotatable bonds is 2. The molecule has 0 spiro atoms. The third-order valence-electron chi connectivity index (χ3n) is 3.66. The lowest BCUT2D eigenvalue weighted by atomic mass is 9.93. The van der Waals surface area contributed by atoms with Gasteiger partial charge in [0.2, 0.25) is 0 Å². The molecule has 1 aromatic rings. The first kappa shape index (κ1) is 14.3. The van der Waals surface area contributed by atoms with Crippen LogP contribution in [-0.2, 0) is 10.5 Å². The molecule has 0 bridgehead atoms. The van der Waals surface area contributed by atoms with E-state index in [2.05, 4.69) is 4.98 Å². The minimum Gasteiger partial charge on any atom is -0.394 e. The lowest BCUT2D eigenvalue weighted by Crippen LogP contribution is -2.54. The van der Waals surface area contributed by atoms with Gasteiger partial charge in [-0.2, -0.15) is 0 Å². The maximum Gasteiger partial charge on any atom is 0.330 e. The van der Waals surface area contributed by atoms with Gasteiger partial charge in [0, 0.05) is 12.3 Å². The summed E-state index contributed by atoms with van der Waals surface area (Å²) in [5, 5.41) is 19.2. The van der Waals surface area contributed by atoms with Gasteiger partial charge < -0.3 is 14.9 Å². The quantitative estimate of drug-likeness (QED) is 0.604. The first-order valence-electron chi connectivity index (χ1n) is 5.72. The third kappa shape index (κ3) is 1.93. The highest BCUT2D eigenvalue weighted by atomic mass is 35.5. The van der Waals surface area contributed by atoms with Crippen LogP contribution >= 0.6 is 11.6 Å². The molecule has 19 heavy (non-hydrogen) atoms. The second-order valence-electron chi connectivity index (χ2n) is 4.82. The summed E-state index contributed by atoms with van der Waals surface area (Å²) in [5.74, 6) is 0. The van der Waals surface area contributed by atoms with Gasteiger partial charge in [0.25, 0.3) is 5.56 Å². The normalized spacial score (nSPS) is 38.6. The topological polar surface area (TPSA) is 105 Å². The summed E-state index contributed by atoms with van der Waals surface area (Å²) < 4.78 is 6.64. The van der Waals surface area contributed by atoms with Crippen molar-refractivity contribution in [1.29, 1.82) is 0 Å². The summed E-state index contributed by atoms with van der Waals surface area (Å²) in [6.07, 6.45) is -0.830. The standard InChI is InChI=1S/C11H15ClN2O5/c1-10(12)8(17)6(5-15)19-11(10,2)14-4-3-7(16)13-9(14)18/h3-4,6,8,15,17H,5H2,1-2H3,(H,13,16,18)/t6?,8-,10?,11+/m1/s1. The number of aliphatic hydroxyl groups excluding tert-OH is 2. The number of halogens is 1. The van der Waals surface area contributed by atoms with E-state index >= 15 is 0 Å². The highest BCUT2D eigenvalue weighted by Gasteiger charge is 2.61. The van der Waals surface area contributed by atoms with Crippen molar-refractivity contribution < 1.29 is 14.9 Å². The van der Waals surface area contributed by atoms with Gasteiger partial charge >= 0.3 is 5.69 Å². The first-order chi connectivity index (χ1) is 8.74. The van der Waals surface area contributed by atoms with Crippen LogP contribution in [0.2, 0.25) is 0 Å². The van der Waals surface area contributed by atoms with Gasteiger partial charge in [-0.25, -0.2) is 4.79 Å². The van der Waals surface area contributed by atoms with E-state index in [0.29, 0.717) is 0 Å². The fourth-order valence-corrected chi connectivity index (χ4v) is 2.56. The number of aromatic amines is 1. The van der Waals surface area contributed by atoms with E-state index in [-0.39, 0.29) is 0 Å². The molecule has 4 atom stereocenters. The Morgan fingerprint density at radius 1 is 1.53 bits per heavy atom. The van der Waals surface area contributed by atoms with E-state index in [4.69, 9.17) is 16.3 Å². The molecule has 0 radical (unpaired) electrons. The van der Waals surface area contributed by atoms with Crippen LogP contribution in [-0.4, -0.2) is 43.5 Å². The Bertz CT molecular complexity index is 595. The summed E-state index contributed by atoms with van der Waals surface area (Å²) in [4.78, 5) is 23.7. The van der Waals surface area contributed by atoms with E-state index in [9.17, 15) is 19.8 Å². The molecule has 7 nitrogen and oxygen atoms in total. The minimum absolute atomic E-state index is 0.433. The van der Waals surface area contributed by atoms with Gasteiger partial charge in [0.15, 0.2) is 5.72 Å². The number of hydrogen-bond acceptors (Lipinski definition) is 5. The Morgan fingerprint density at radius 2 is 2.16 bits per heavy atom. The average Bonchev–Trinajstić information content (AvgIpc) is 2.50. The molecular weight excluding hydrogens is 276 g/mol. The van der Waals surface area contributed by atoms with Crippen molar-refractivity contribution in [2.24, 2.45) is 0 Å². The molecule has 2 unspecified atom stereocenters. The largest absolute Gasteiger partial charge is 0.394 e. The van der Waals surface area contributed by atoms with Gasteiger partial charge in [-0.05, 0) is 13.8 Å². The predicted octanol–water partition coefficient (Wildman–Crippen LogP) is -1.04. The van der Waals surface area contributed by atoms with E-state index in [1.165, 1.54) is 20.0 Å².